The highest BCUT2D eigenvalue weighted by Crippen LogP contribution is 2.36. The molecule has 1 aromatic rings. The Hall–Kier alpha value is -1.30. The van der Waals surface area contributed by atoms with E-state index in [1.165, 1.54) is 23.1 Å². The van der Waals surface area contributed by atoms with Gasteiger partial charge in [0.25, 0.3) is 0 Å². The van der Waals surface area contributed by atoms with Gasteiger partial charge in [0.2, 0.25) is 0 Å². The van der Waals surface area contributed by atoms with Crippen LogP contribution in [0.25, 0.3) is 0 Å². The van der Waals surface area contributed by atoms with E-state index < -0.39 is 18.5 Å². The van der Waals surface area contributed by atoms with Gasteiger partial charge in [0, 0.05) is 18.3 Å². The molecule has 1 aliphatic rings. The number of nitrogens with zero attached hydrogens (tertiary/aromatic N) is 1. The molecular weight excluding hydrogens is 284 g/mol. The molecule has 0 amide bonds. The van der Waals surface area contributed by atoms with Crippen molar-refractivity contribution in [2.45, 2.75) is 44.9 Å². The molecule has 0 saturated heterocycles. The lowest BCUT2D eigenvalue weighted by Gasteiger charge is -2.28. The number of hydrogen-bond donors (Lipinski definition) is 1. The summed E-state index contributed by atoms with van der Waals surface area (Å²) in [5.41, 5.74) is 1.07. The van der Waals surface area contributed by atoms with Gasteiger partial charge in [-0.3, -0.25) is 0 Å². The van der Waals surface area contributed by atoms with Gasteiger partial charge in [-0.25, -0.2) is 4.39 Å². The van der Waals surface area contributed by atoms with Crippen molar-refractivity contribution in [2.24, 2.45) is 0 Å². The third-order valence-electron chi connectivity index (χ3n) is 3.43. The van der Waals surface area contributed by atoms with Crippen molar-refractivity contribution in [1.82, 2.24) is 5.32 Å². The summed E-state index contributed by atoms with van der Waals surface area (Å²) in [7, 11) is 0. The molecule has 0 aromatic heterocycles. The summed E-state index contributed by atoms with van der Waals surface area (Å²) in [6.45, 7) is 2.14. The van der Waals surface area contributed by atoms with Crippen molar-refractivity contribution in [1.29, 1.82) is 0 Å². The highest BCUT2D eigenvalue weighted by atomic mass is 19.4. The van der Waals surface area contributed by atoms with E-state index in [0.29, 0.717) is 17.8 Å². The fraction of sp³-hybridized carbons (Fsp3) is 0.600. The normalized spacial score (nSPS) is 15.3. The molecule has 21 heavy (non-hydrogen) atoms. The van der Waals surface area contributed by atoms with Crippen molar-refractivity contribution >= 4 is 5.69 Å². The topological polar surface area (TPSA) is 15.3 Å². The van der Waals surface area contributed by atoms with Gasteiger partial charge in [0.1, 0.15) is 12.4 Å². The first-order valence-electron chi connectivity index (χ1n) is 7.23. The number of alkyl halides is 3. The van der Waals surface area contributed by atoms with Crippen LogP contribution in [0.15, 0.2) is 18.2 Å². The SMILES string of the molecule is CCCNCc1cc(F)ccc1N(CC(F)(F)F)C1CC1. The van der Waals surface area contributed by atoms with Crippen LogP contribution in [-0.4, -0.2) is 25.3 Å². The van der Waals surface area contributed by atoms with E-state index in [1.807, 2.05) is 6.92 Å². The van der Waals surface area contributed by atoms with Crippen LogP contribution >= 0.6 is 0 Å². The van der Waals surface area contributed by atoms with Crippen molar-refractivity contribution in [2.75, 3.05) is 18.0 Å². The molecule has 118 valence electrons. The second-order valence-electron chi connectivity index (χ2n) is 5.42. The zero-order valence-corrected chi connectivity index (χ0v) is 12.0. The molecule has 1 aliphatic carbocycles. The Morgan fingerprint density at radius 1 is 1.29 bits per heavy atom. The fourth-order valence-electron chi connectivity index (χ4n) is 2.37. The van der Waals surface area contributed by atoms with E-state index in [9.17, 15) is 17.6 Å². The predicted octanol–water partition coefficient (Wildman–Crippen LogP) is 3.86. The average molecular weight is 304 g/mol. The molecule has 6 heteroatoms. The summed E-state index contributed by atoms with van der Waals surface area (Å²) in [6.07, 6.45) is -1.82. The third kappa shape index (κ3) is 4.88. The number of benzene rings is 1. The number of hydrogen-bond acceptors (Lipinski definition) is 2. The molecule has 0 aliphatic heterocycles. The summed E-state index contributed by atoms with van der Waals surface area (Å²) in [4.78, 5) is 1.36. The zero-order valence-electron chi connectivity index (χ0n) is 12.0. The largest absolute Gasteiger partial charge is 0.405 e. The summed E-state index contributed by atoms with van der Waals surface area (Å²) in [5.74, 6) is -0.421. The van der Waals surface area contributed by atoms with Gasteiger partial charge in [-0.05, 0) is 49.6 Å². The third-order valence-corrected chi connectivity index (χ3v) is 3.43. The Morgan fingerprint density at radius 3 is 2.57 bits per heavy atom. The van der Waals surface area contributed by atoms with Crippen LogP contribution in [0.5, 0.6) is 0 Å². The van der Waals surface area contributed by atoms with E-state index in [4.69, 9.17) is 0 Å². The second-order valence-corrected chi connectivity index (χ2v) is 5.42. The monoisotopic (exact) mass is 304 g/mol. The average Bonchev–Trinajstić information content (AvgIpc) is 3.20. The number of anilines is 1. The van der Waals surface area contributed by atoms with Gasteiger partial charge in [-0.15, -0.1) is 0 Å². The molecule has 1 aromatic carbocycles. The van der Waals surface area contributed by atoms with E-state index in [-0.39, 0.29) is 6.04 Å². The van der Waals surface area contributed by atoms with Crippen molar-refractivity contribution in [3.63, 3.8) is 0 Å². The lowest BCUT2D eigenvalue weighted by atomic mass is 10.1. The van der Waals surface area contributed by atoms with Crippen LogP contribution in [0.2, 0.25) is 0 Å². The van der Waals surface area contributed by atoms with Gasteiger partial charge in [0.15, 0.2) is 0 Å². The lowest BCUT2D eigenvalue weighted by molar-refractivity contribution is -0.120. The molecule has 2 rings (SSSR count). The maximum absolute atomic E-state index is 13.4. The van der Waals surface area contributed by atoms with E-state index >= 15 is 0 Å². The highest BCUT2D eigenvalue weighted by Gasteiger charge is 2.38. The zero-order chi connectivity index (χ0) is 15.5. The Kier molecular flexibility index (Phi) is 5.08. The van der Waals surface area contributed by atoms with Crippen LogP contribution in [-0.2, 0) is 6.54 Å². The van der Waals surface area contributed by atoms with Crippen LogP contribution in [0.4, 0.5) is 23.2 Å². The van der Waals surface area contributed by atoms with Crippen molar-refractivity contribution in [3.05, 3.63) is 29.6 Å². The summed E-state index contributed by atoms with van der Waals surface area (Å²) >= 11 is 0. The van der Waals surface area contributed by atoms with E-state index in [0.717, 1.165) is 25.8 Å². The molecule has 1 N–H and O–H groups in total. The lowest BCUT2D eigenvalue weighted by Crippen LogP contribution is -2.37. The van der Waals surface area contributed by atoms with Crippen LogP contribution in [0.1, 0.15) is 31.7 Å². The number of rotatable bonds is 7. The Labute approximate surface area is 122 Å². The minimum atomic E-state index is -4.26. The number of nitrogens with one attached hydrogen (secondary N) is 1. The first kappa shape index (κ1) is 16.1. The standard InChI is InChI=1S/C15H20F4N2/c1-2-7-20-9-11-8-12(16)3-6-14(11)21(13-4-5-13)10-15(17,18)19/h3,6,8,13,20H,2,4-5,7,9-10H2,1H3. The molecule has 0 radical (unpaired) electrons. The van der Waals surface area contributed by atoms with Gasteiger partial charge in [-0.2, -0.15) is 13.2 Å². The molecule has 1 fully saturated rings. The predicted molar refractivity (Wildman–Crippen MR) is 74.8 cm³/mol. The van der Waals surface area contributed by atoms with Gasteiger partial charge < -0.3 is 10.2 Å². The van der Waals surface area contributed by atoms with Gasteiger partial charge in [-0.1, -0.05) is 6.92 Å². The minimum Gasteiger partial charge on any atom is -0.359 e. The van der Waals surface area contributed by atoms with Gasteiger partial charge in [0.05, 0.1) is 0 Å². The second kappa shape index (κ2) is 6.64. The first-order chi connectivity index (χ1) is 9.90. The highest BCUT2D eigenvalue weighted by molar-refractivity contribution is 5.55. The Bertz CT molecular complexity index is 469. The maximum atomic E-state index is 13.4. The van der Waals surface area contributed by atoms with Crippen molar-refractivity contribution in [3.8, 4) is 0 Å². The maximum Gasteiger partial charge on any atom is 0.405 e. The molecule has 2 nitrogen and oxygen atoms in total. The molecular formula is C15H20F4N2. The molecule has 0 bridgehead atoms. The number of halogens is 4. The molecule has 0 heterocycles. The smallest absolute Gasteiger partial charge is 0.359 e. The summed E-state index contributed by atoms with van der Waals surface area (Å²) in [5, 5.41) is 3.12. The minimum absolute atomic E-state index is 0.0815. The Morgan fingerprint density at radius 2 is 2.00 bits per heavy atom. The van der Waals surface area contributed by atoms with Crippen LogP contribution < -0.4 is 10.2 Å². The molecule has 0 unspecified atom stereocenters. The summed E-state index contributed by atoms with van der Waals surface area (Å²) in [6, 6.07) is 3.93. The first-order valence-corrected chi connectivity index (χ1v) is 7.23. The van der Waals surface area contributed by atoms with Crippen molar-refractivity contribution < 1.29 is 17.6 Å². The molecule has 0 spiro atoms. The fourth-order valence-corrected chi connectivity index (χ4v) is 2.37. The van der Waals surface area contributed by atoms with Crippen LogP contribution in [0, 0.1) is 5.82 Å². The Balaban J connectivity index is 2.22. The van der Waals surface area contributed by atoms with Gasteiger partial charge >= 0.3 is 6.18 Å². The molecule has 1 saturated carbocycles. The molecule has 0 atom stereocenters. The quantitative estimate of drug-likeness (QED) is 0.608. The van der Waals surface area contributed by atoms with Crippen LogP contribution in [0.3, 0.4) is 0 Å². The summed E-state index contributed by atoms with van der Waals surface area (Å²) < 4.78 is 51.7. The van der Waals surface area contributed by atoms with E-state index in [2.05, 4.69) is 5.32 Å². The van der Waals surface area contributed by atoms with E-state index in [1.54, 1.807) is 0 Å².